The van der Waals surface area contributed by atoms with E-state index in [2.05, 4.69) is 31.2 Å². The maximum absolute atomic E-state index is 14.1. The highest BCUT2D eigenvalue weighted by molar-refractivity contribution is 6.25. The smallest absolute Gasteiger partial charge is 0.416 e. The number of carbonyl (C=O) groups excluding carboxylic acids is 6. The number of likely N-dealkylation sites (tertiary alicyclic amines) is 1. The number of aryl methyl sites for hydroxylation is 1. The minimum atomic E-state index is -4.58. The van der Waals surface area contributed by atoms with E-state index in [1.807, 2.05) is 0 Å². The molecular formula is C46H50F3N9O8. The zero-order valence-electron chi connectivity index (χ0n) is 36.8. The van der Waals surface area contributed by atoms with Crippen LogP contribution < -0.4 is 36.5 Å². The molecule has 20 heteroatoms. The van der Waals surface area contributed by atoms with E-state index in [1.165, 1.54) is 19.2 Å². The van der Waals surface area contributed by atoms with Crippen molar-refractivity contribution >= 4 is 63.5 Å². The predicted octanol–water partition coefficient (Wildman–Crippen LogP) is 5.14. The van der Waals surface area contributed by atoms with Crippen molar-refractivity contribution in [2.24, 2.45) is 11.3 Å². The molecule has 3 fully saturated rings. The van der Waals surface area contributed by atoms with Crippen LogP contribution >= 0.6 is 0 Å². The van der Waals surface area contributed by atoms with E-state index in [1.54, 1.807) is 50.1 Å². The van der Waals surface area contributed by atoms with Crippen LogP contribution in [0.15, 0.2) is 48.5 Å². The van der Waals surface area contributed by atoms with E-state index >= 15 is 0 Å². The summed E-state index contributed by atoms with van der Waals surface area (Å²) in [5, 5.41) is 11.8. The summed E-state index contributed by atoms with van der Waals surface area (Å²) in [6.07, 6.45) is -1.67. The lowest BCUT2D eigenvalue weighted by Crippen LogP contribution is -2.54. The molecule has 66 heavy (non-hydrogen) atoms. The van der Waals surface area contributed by atoms with Gasteiger partial charge in [0.25, 0.3) is 11.8 Å². The van der Waals surface area contributed by atoms with Crippen LogP contribution in [-0.4, -0.2) is 101 Å². The van der Waals surface area contributed by atoms with Gasteiger partial charge in [-0.15, -0.1) is 0 Å². The van der Waals surface area contributed by atoms with E-state index in [0.29, 0.717) is 65.4 Å². The third-order valence-electron chi connectivity index (χ3n) is 13.0. The number of carbonyl (C=O) groups is 6. The van der Waals surface area contributed by atoms with Crippen molar-refractivity contribution in [2.75, 3.05) is 50.2 Å². The second-order valence-corrected chi connectivity index (χ2v) is 17.5. The number of imide groups is 2. The van der Waals surface area contributed by atoms with Crippen LogP contribution in [0.4, 0.5) is 30.4 Å². The summed E-state index contributed by atoms with van der Waals surface area (Å²) in [5.41, 5.74) is 5.79. The van der Waals surface area contributed by atoms with Gasteiger partial charge in [0.05, 0.1) is 48.5 Å². The Labute approximate surface area is 377 Å². The molecule has 3 aliphatic heterocycles. The average molecular weight is 914 g/mol. The Hall–Kier alpha value is -6.99. The number of fused-ring (bicyclic) bond motifs is 2. The maximum atomic E-state index is 14.1. The van der Waals surface area contributed by atoms with Crippen LogP contribution in [0.1, 0.15) is 95.6 Å². The Morgan fingerprint density at radius 3 is 2.50 bits per heavy atom. The first kappa shape index (κ1) is 45.6. The quantitative estimate of drug-likeness (QED) is 0.0818. The number of hydrogen-bond donors (Lipinski definition) is 5. The van der Waals surface area contributed by atoms with E-state index in [0.717, 1.165) is 29.9 Å². The van der Waals surface area contributed by atoms with Gasteiger partial charge in [0.15, 0.2) is 11.5 Å². The number of rotatable bonds is 14. The molecule has 0 spiro atoms. The maximum Gasteiger partial charge on any atom is 0.416 e. The number of halogens is 3. The number of nitrogen functional groups attached to an aromatic ring is 1. The highest BCUT2D eigenvalue weighted by Gasteiger charge is 2.49. The largest absolute Gasteiger partial charge is 0.493 e. The number of alkyl halides is 3. The minimum Gasteiger partial charge on any atom is -0.493 e. The lowest BCUT2D eigenvalue weighted by Gasteiger charge is -2.41. The van der Waals surface area contributed by atoms with Gasteiger partial charge in [0, 0.05) is 60.2 Å². The average Bonchev–Trinajstić information content (AvgIpc) is 4.00. The van der Waals surface area contributed by atoms with E-state index in [9.17, 15) is 41.9 Å². The first-order chi connectivity index (χ1) is 31.4. The number of methoxy groups -OCH3 is 1. The number of nitrogens with one attached hydrogen (secondary N) is 4. The van der Waals surface area contributed by atoms with Crippen molar-refractivity contribution in [3.05, 3.63) is 76.6 Å². The highest BCUT2D eigenvalue weighted by Crippen LogP contribution is 2.52. The fraction of sp³-hybridized carbons (Fsp3) is 0.435. The Morgan fingerprint density at radius 1 is 1.03 bits per heavy atom. The van der Waals surface area contributed by atoms with Crippen molar-refractivity contribution < 1.29 is 51.4 Å². The molecular weight excluding hydrogens is 864 g/mol. The van der Waals surface area contributed by atoms with Gasteiger partial charge in [0.1, 0.15) is 17.7 Å². The Balaban J connectivity index is 0.985. The van der Waals surface area contributed by atoms with Crippen molar-refractivity contribution in [3.8, 4) is 11.5 Å². The lowest BCUT2D eigenvalue weighted by molar-refractivity contribution is -0.138. The number of ether oxygens (including phenoxy) is 2. The summed E-state index contributed by atoms with van der Waals surface area (Å²) < 4.78 is 53.2. The number of nitrogens with two attached hydrogens (primary N) is 1. The van der Waals surface area contributed by atoms with Gasteiger partial charge in [-0.3, -0.25) is 39.0 Å². The molecule has 0 bridgehead atoms. The standard InChI is InChI=1S/C46H50F3N9O8/c1-23(26-14-27(46(47,48)49)17-28(50)15-26)53-40-31-18-36(35(65-4)19-33(31)54-24(2)55-40)66-22-45(11-12-45)20-29-16-25(41(61)51-3)10-13-57(29)38(60)21-52-32-7-5-6-30-39(32)44(64)58(43(30)63)34-8-9-37(59)56-42(34)62/h5-7,14-15,17-19,23,25,29,34,52H,8-13,16,20-22,50H2,1-4H3,(H,51,61)(H,53,54,55)(H,56,59,62)/t23-,25?,29?,34?/m1/s1. The van der Waals surface area contributed by atoms with E-state index in [-0.39, 0.29) is 77.7 Å². The third-order valence-corrected chi connectivity index (χ3v) is 13.0. The number of anilines is 3. The van der Waals surface area contributed by atoms with E-state index in [4.69, 9.17) is 15.2 Å². The van der Waals surface area contributed by atoms with Crippen LogP contribution in [-0.2, 0) is 25.4 Å². The van der Waals surface area contributed by atoms with Crippen LogP contribution in [0.2, 0.25) is 0 Å². The fourth-order valence-corrected chi connectivity index (χ4v) is 9.28. The summed E-state index contributed by atoms with van der Waals surface area (Å²) in [5.74, 6) is -1.75. The van der Waals surface area contributed by atoms with Crippen LogP contribution in [0.5, 0.6) is 11.5 Å². The molecule has 4 aliphatic rings. The Bertz CT molecular complexity index is 2660. The molecule has 1 aliphatic carbocycles. The number of nitrogens with zero attached hydrogens (tertiary/aromatic N) is 4. The summed E-state index contributed by atoms with van der Waals surface area (Å²) in [6.45, 7) is 3.71. The summed E-state index contributed by atoms with van der Waals surface area (Å²) in [4.78, 5) is 90.4. The first-order valence-corrected chi connectivity index (χ1v) is 21.7. The van der Waals surface area contributed by atoms with Gasteiger partial charge in [-0.2, -0.15) is 13.2 Å². The predicted molar refractivity (Wildman–Crippen MR) is 234 cm³/mol. The van der Waals surface area contributed by atoms with Crippen molar-refractivity contribution in [3.63, 3.8) is 0 Å². The number of benzene rings is 3. The second kappa shape index (κ2) is 17.8. The topological polar surface area (TPSA) is 227 Å². The summed E-state index contributed by atoms with van der Waals surface area (Å²) in [6, 6.07) is 9.34. The molecule has 348 valence electrons. The SMILES string of the molecule is CNC(=O)C1CCN(C(=O)CNc2cccc3c2C(=O)N(C2CCC(=O)NC2=O)C3=O)C(CC2(COc3cc4c(N[C@H](C)c5cc(N)cc(C(F)(F)F)c5)nc(C)nc4cc3OC)CC2)C1. The van der Waals surface area contributed by atoms with E-state index < -0.39 is 47.5 Å². The summed E-state index contributed by atoms with van der Waals surface area (Å²) in [7, 11) is 3.07. The Kier molecular flexibility index (Phi) is 12.3. The molecule has 3 aromatic carbocycles. The number of amides is 6. The molecule has 8 rings (SSSR count). The van der Waals surface area contributed by atoms with Gasteiger partial charge < -0.3 is 36.1 Å². The van der Waals surface area contributed by atoms with Crippen molar-refractivity contribution in [1.82, 2.24) is 30.4 Å². The molecule has 0 radical (unpaired) electrons. The minimum absolute atomic E-state index is 0.00515. The molecule has 1 aromatic heterocycles. The van der Waals surface area contributed by atoms with Gasteiger partial charge in [-0.25, -0.2) is 9.97 Å². The molecule has 1 saturated carbocycles. The molecule has 4 atom stereocenters. The highest BCUT2D eigenvalue weighted by atomic mass is 19.4. The van der Waals surface area contributed by atoms with Crippen molar-refractivity contribution in [1.29, 1.82) is 0 Å². The van der Waals surface area contributed by atoms with Crippen molar-refractivity contribution in [2.45, 2.75) is 83.1 Å². The van der Waals surface area contributed by atoms with Crippen LogP contribution in [0.25, 0.3) is 10.9 Å². The fourth-order valence-electron chi connectivity index (χ4n) is 9.28. The zero-order chi connectivity index (χ0) is 47.2. The normalized spacial score (nSPS) is 20.7. The number of piperidine rings is 2. The van der Waals surface area contributed by atoms with Crippen LogP contribution in [0.3, 0.4) is 0 Å². The Morgan fingerprint density at radius 2 is 1.80 bits per heavy atom. The molecule has 17 nitrogen and oxygen atoms in total. The summed E-state index contributed by atoms with van der Waals surface area (Å²) >= 11 is 0. The molecule has 6 N–H and O–H groups in total. The molecule has 4 aromatic rings. The zero-order valence-corrected chi connectivity index (χ0v) is 36.8. The molecule has 3 unspecified atom stereocenters. The third kappa shape index (κ3) is 9.12. The second-order valence-electron chi connectivity index (χ2n) is 17.5. The monoisotopic (exact) mass is 913 g/mol. The molecule has 6 amide bonds. The first-order valence-electron chi connectivity index (χ1n) is 21.7. The number of aromatic nitrogens is 2. The van der Waals surface area contributed by atoms with Gasteiger partial charge in [-0.1, -0.05) is 6.07 Å². The van der Waals surface area contributed by atoms with Gasteiger partial charge in [0.2, 0.25) is 23.6 Å². The van der Waals surface area contributed by atoms with Gasteiger partial charge >= 0.3 is 6.18 Å². The number of hydrogen-bond acceptors (Lipinski definition) is 13. The molecule has 4 heterocycles. The van der Waals surface area contributed by atoms with Gasteiger partial charge in [-0.05, 0) is 94.3 Å². The molecule has 2 saturated heterocycles. The lowest BCUT2D eigenvalue weighted by atomic mass is 9.84. The van der Waals surface area contributed by atoms with Crippen LogP contribution in [0, 0.1) is 18.3 Å².